The van der Waals surface area contributed by atoms with E-state index in [0.29, 0.717) is 26.4 Å². The summed E-state index contributed by atoms with van der Waals surface area (Å²) in [6, 6.07) is 10.1. The lowest BCUT2D eigenvalue weighted by atomic mass is 10.1. The highest BCUT2D eigenvalue weighted by molar-refractivity contribution is 6.42. The summed E-state index contributed by atoms with van der Waals surface area (Å²) in [7, 11) is 0. The van der Waals surface area contributed by atoms with Crippen molar-refractivity contribution in [2.45, 2.75) is 6.42 Å². The minimum Gasteiger partial charge on any atom is -0.399 e. The molecule has 0 unspecified atom stereocenters. The molecule has 3 nitrogen and oxygen atoms in total. The standard InChI is InChI=1S/C14H11Cl3N2O/c15-9-6-11(16)14(12(17)7-9)19-13(20)5-8-1-3-10(18)4-2-8/h1-4,6-7H,5,18H2,(H,19,20). The number of halogens is 3. The molecule has 0 spiro atoms. The summed E-state index contributed by atoms with van der Waals surface area (Å²) in [6.45, 7) is 0. The van der Waals surface area contributed by atoms with Crippen LogP contribution in [-0.4, -0.2) is 5.91 Å². The Kier molecular flexibility index (Phi) is 4.76. The van der Waals surface area contributed by atoms with Gasteiger partial charge in [-0.25, -0.2) is 0 Å². The van der Waals surface area contributed by atoms with Gasteiger partial charge in [0.05, 0.1) is 22.2 Å². The maximum atomic E-state index is 12.0. The summed E-state index contributed by atoms with van der Waals surface area (Å²) in [6.07, 6.45) is 0.204. The first kappa shape index (κ1) is 15.0. The normalized spacial score (nSPS) is 10.3. The third kappa shape index (κ3) is 3.79. The molecule has 6 heteroatoms. The van der Waals surface area contributed by atoms with E-state index in [0.717, 1.165) is 5.56 Å². The van der Waals surface area contributed by atoms with Crippen LogP contribution in [0.5, 0.6) is 0 Å². The van der Waals surface area contributed by atoms with E-state index in [9.17, 15) is 4.79 Å². The molecular formula is C14H11Cl3N2O. The van der Waals surface area contributed by atoms with Gasteiger partial charge in [-0.2, -0.15) is 0 Å². The van der Waals surface area contributed by atoms with Gasteiger partial charge in [0, 0.05) is 10.7 Å². The van der Waals surface area contributed by atoms with E-state index in [-0.39, 0.29) is 12.3 Å². The van der Waals surface area contributed by atoms with E-state index < -0.39 is 0 Å². The van der Waals surface area contributed by atoms with Crippen LogP contribution in [-0.2, 0) is 11.2 Å². The Bertz CT molecular complexity index is 618. The fourth-order valence-corrected chi connectivity index (χ4v) is 2.58. The zero-order chi connectivity index (χ0) is 14.7. The van der Waals surface area contributed by atoms with Crippen molar-refractivity contribution in [3.05, 3.63) is 57.0 Å². The third-order valence-corrected chi connectivity index (χ3v) is 3.43. The van der Waals surface area contributed by atoms with Crippen LogP contribution in [0.2, 0.25) is 15.1 Å². The van der Waals surface area contributed by atoms with Gasteiger partial charge >= 0.3 is 0 Å². The molecular weight excluding hydrogens is 319 g/mol. The summed E-state index contributed by atoms with van der Waals surface area (Å²) in [4.78, 5) is 12.0. The average molecular weight is 330 g/mol. The third-order valence-electron chi connectivity index (χ3n) is 2.62. The second-order valence-corrected chi connectivity index (χ2v) is 5.46. The first-order chi connectivity index (χ1) is 9.45. The molecule has 20 heavy (non-hydrogen) atoms. The van der Waals surface area contributed by atoms with Crippen molar-refractivity contribution in [1.29, 1.82) is 0 Å². The van der Waals surface area contributed by atoms with Gasteiger partial charge in [-0.1, -0.05) is 46.9 Å². The number of rotatable bonds is 3. The first-order valence-electron chi connectivity index (χ1n) is 5.74. The minimum atomic E-state index is -0.221. The Hall–Kier alpha value is -1.42. The number of anilines is 2. The highest BCUT2D eigenvalue weighted by atomic mass is 35.5. The second kappa shape index (κ2) is 6.35. The summed E-state index contributed by atoms with van der Waals surface area (Å²) in [5, 5.41) is 3.69. The molecule has 0 aliphatic rings. The lowest BCUT2D eigenvalue weighted by Crippen LogP contribution is -2.15. The molecule has 0 aliphatic carbocycles. The number of hydrogen-bond acceptors (Lipinski definition) is 2. The number of nitrogens with two attached hydrogens (primary N) is 1. The van der Waals surface area contributed by atoms with Crippen molar-refractivity contribution in [2.75, 3.05) is 11.1 Å². The molecule has 0 saturated heterocycles. The van der Waals surface area contributed by atoms with Crippen molar-refractivity contribution in [1.82, 2.24) is 0 Å². The molecule has 0 fully saturated rings. The molecule has 2 aromatic carbocycles. The van der Waals surface area contributed by atoms with Crippen LogP contribution in [0.25, 0.3) is 0 Å². The van der Waals surface area contributed by atoms with Crippen molar-refractivity contribution in [3.63, 3.8) is 0 Å². The summed E-state index contributed by atoms with van der Waals surface area (Å²) < 4.78 is 0. The van der Waals surface area contributed by atoms with Crippen LogP contribution in [0.4, 0.5) is 11.4 Å². The lowest BCUT2D eigenvalue weighted by Gasteiger charge is -2.10. The molecule has 0 radical (unpaired) electrons. The van der Waals surface area contributed by atoms with Crippen LogP contribution in [0, 0.1) is 0 Å². The first-order valence-corrected chi connectivity index (χ1v) is 6.88. The molecule has 1 amide bonds. The summed E-state index contributed by atoms with van der Waals surface area (Å²) in [5.41, 5.74) is 7.44. The Morgan fingerprint density at radius 3 is 2.15 bits per heavy atom. The van der Waals surface area contributed by atoms with Gasteiger partial charge < -0.3 is 11.1 Å². The molecule has 0 heterocycles. The van der Waals surface area contributed by atoms with E-state index in [1.807, 2.05) is 0 Å². The van der Waals surface area contributed by atoms with E-state index in [2.05, 4.69) is 5.32 Å². The molecule has 0 saturated carbocycles. The molecule has 3 N–H and O–H groups in total. The average Bonchev–Trinajstić information content (AvgIpc) is 2.36. The van der Waals surface area contributed by atoms with Gasteiger partial charge in [-0.05, 0) is 29.8 Å². The molecule has 0 bridgehead atoms. The quantitative estimate of drug-likeness (QED) is 0.819. The van der Waals surface area contributed by atoms with E-state index in [1.54, 1.807) is 24.3 Å². The van der Waals surface area contributed by atoms with Crippen LogP contribution in [0.15, 0.2) is 36.4 Å². The summed E-state index contributed by atoms with van der Waals surface area (Å²) >= 11 is 17.8. The molecule has 0 atom stereocenters. The monoisotopic (exact) mass is 328 g/mol. The van der Waals surface area contributed by atoms with Gasteiger partial charge in [-0.3, -0.25) is 4.79 Å². The van der Waals surface area contributed by atoms with Crippen molar-refractivity contribution < 1.29 is 4.79 Å². The number of hydrogen-bond donors (Lipinski definition) is 2. The zero-order valence-corrected chi connectivity index (χ0v) is 12.6. The van der Waals surface area contributed by atoms with Gasteiger partial charge in [0.15, 0.2) is 0 Å². The van der Waals surface area contributed by atoms with Crippen molar-refractivity contribution >= 4 is 52.1 Å². The topological polar surface area (TPSA) is 55.1 Å². The predicted molar refractivity (Wildman–Crippen MR) is 84.7 cm³/mol. The molecule has 2 aromatic rings. The highest BCUT2D eigenvalue weighted by Crippen LogP contribution is 2.33. The largest absolute Gasteiger partial charge is 0.399 e. The fraction of sp³-hybridized carbons (Fsp3) is 0.0714. The van der Waals surface area contributed by atoms with Crippen LogP contribution in [0.3, 0.4) is 0 Å². The van der Waals surface area contributed by atoms with Crippen molar-refractivity contribution in [3.8, 4) is 0 Å². The van der Waals surface area contributed by atoms with E-state index in [1.165, 1.54) is 12.1 Å². The molecule has 0 aromatic heterocycles. The molecule has 104 valence electrons. The number of amides is 1. The Balaban J connectivity index is 2.10. The number of nitrogen functional groups attached to an aromatic ring is 1. The minimum absolute atomic E-state index is 0.204. The van der Waals surface area contributed by atoms with Crippen LogP contribution < -0.4 is 11.1 Å². The predicted octanol–water partition coefficient (Wildman–Crippen LogP) is 4.41. The van der Waals surface area contributed by atoms with Crippen molar-refractivity contribution in [2.24, 2.45) is 0 Å². The zero-order valence-electron chi connectivity index (χ0n) is 10.3. The highest BCUT2D eigenvalue weighted by Gasteiger charge is 2.11. The van der Waals surface area contributed by atoms with E-state index in [4.69, 9.17) is 40.5 Å². The Labute approximate surface area is 131 Å². The number of nitrogens with one attached hydrogen (secondary N) is 1. The number of benzene rings is 2. The Morgan fingerprint density at radius 2 is 1.60 bits per heavy atom. The molecule has 0 aliphatic heterocycles. The fourth-order valence-electron chi connectivity index (χ4n) is 1.67. The number of carbonyl (C=O) groups excluding carboxylic acids is 1. The smallest absolute Gasteiger partial charge is 0.228 e. The summed E-state index contributed by atoms with van der Waals surface area (Å²) in [5.74, 6) is -0.221. The Morgan fingerprint density at radius 1 is 1.05 bits per heavy atom. The van der Waals surface area contributed by atoms with Gasteiger partial charge in [0.1, 0.15) is 0 Å². The SMILES string of the molecule is Nc1ccc(CC(=O)Nc2c(Cl)cc(Cl)cc2Cl)cc1. The van der Waals surface area contributed by atoms with Crippen LogP contribution >= 0.6 is 34.8 Å². The maximum Gasteiger partial charge on any atom is 0.228 e. The van der Waals surface area contributed by atoms with Gasteiger partial charge in [-0.15, -0.1) is 0 Å². The second-order valence-electron chi connectivity index (χ2n) is 4.21. The van der Waals surface area contributed by atoms with Gasteiger partial charge in [0.2, 0.25) is 5.91 Å². The lowest BCUT2D eigenvalue weighted by molar-refractivity contribution is -0.115. The molecule has 2 rings (SSSR count). The van der Waals surface area contributed by atoms with Crippen LogP contribution in [0.1, 0.15) is 5.56 Å². The van der Waals surface area contributed by atoms with Gasteiger partial charge in [0.25, 0.3) is 0 Å². The number of carbonyl (C=O) groups is 1. The maximum absolute atomic E-state index is 12.0. The van der Waals surface area contributed by atoms with E-state index >= 15 is 0 Å².